The number of benzene rings is 2. The molecule has 1 saturated heterocycles. The summed E-state index contributed by atoms with van der Waals surface area (Å²) in [5.74, 6) is -0.279. The molecule has 2 aromatic carbocycles. The third-order valence-electron chi connectivity index (χ3n) is 4.73. The van der Waals surface area contributed by atoms with E-state index in [9.17, 15) is 9.59 Å². The van der Waals surface area contributed by atoms with Gasteiger partial charge in [-0.05, 0) is 36.6 Å². The number of halogens is 1. The zero-order valence-corrected chi connectivity index (χ0v) is 15.6. The van der Waals surface area contributed by atoms with Gasteiger partial charge in [0.05, 0.1) is 5.92 Å². The van der Waals surface area contributed by atoms with Gasteiger partial charge in [-0.25, -0.2) is 0 Å². The minimum atomic E-state index is -0.271. The predicted octanol–water partition coefficient (Wildman–Crippen LogP) is 3.36. The van der Waals surface area contributed by atoms with Crippen molar-refractivity contribution < 1.29 is 9.59 Å². The maximum absolute atomic E-state index is 12.4. The lowest BCUT2D eigenvalue weighted by Gasteiger charge is -2.16. The van der Waals surface area contributed by atoms with Crippen molar-refractivity contribution in [3.8, 4) is 0 Å². The fourth-order valence-corrected chi connectivity index (χ4v) is 3.37. The molecule has 1 N–H and O–H groups in total. The van der Waals surface area contributed by atoms with Crippen molar-refractivity contribution in [2.45, 2.75) is 26.3 Å². The zero-order chi connectivity index (χ0) is 18.5. The van der Waals surface area contributed by atoms with Crippen LogP contribution in [0.5, 0.6) is 0 Å². The van der Waals surface area contributed by atoms with E-state index < -0.39 is 0 Å². The Balaban J connectivity index is 1.48. The number of nitrogens with zero attached hydrogens (tertiary/aromatic N) is 1. The predicted molar refractivity (Wildman–Crippen MR) is 103 cm³/mol. The van der Waals surface area contributed by atoms with Gasteiger partial charge < -0.3 is 10.2 Å². The fraction of sp³-hybridized carbons (Fsp3) is 0.333. The molecule has 0 saturated carbocycles. The molecule has 2 aromatic rings. The van der Waals surface area contributed by atoms with Crippen molar-refractivity contribution in [1.82, 2.24) is 10.2 Å². The molecule has 0 radical (unpaired) electrons. The monoisotopic (exact) mass is 370 g/mol. The zero-order valence-electron chi connectivity index (χ0n) is 14.9. The van der Waals surface area contributed by atoms with Crippen molar-refractivity contribution in [1.29, 1.82) is 0 Å². The summed E-state index contributed by atoms with van der Waals surface area (Å²) >= 11 is 5.99. The number of hydrogen-bond donors (Lipinski definition) is 1. The maximum Gasteiger partial charge on any atom is 0.225 e. The van der Waals surface area contributed by atoms with Gasteiger partial charge in [0.15, 0.2) is 0 Å². The summed E-state index contributed by atoms with van der Waals surface area (Å²) in [4.78, 5) is 26.4. The van der Waals surface area contributed by atoms with Crippen molar-refractivity contribution >= 4 is 23.4 Å². The molecule has 1 fully saturated rings. The van der Waals surface area contributed by atoms with Gasteiger partial charge in [-0.15, -0.1) is 0 Å². The lowest BCUT2D eigenvalue weighted by molar-refractivity contribution is -0.129. The minimum Gasteiger partial charge on any atom is -0.352 e. The van der Waals surface area contributed by atoms with Crippen LogP contribution in [-0.4, -0.2) is 29.8 Å². The van der Waals surface area contributed by atoms with Gasteiger partial charge in [0, 0.05) is 31.1 Å². The molecule has 5 heteroatoms. The van der Waals surface area contributed by atoms with Gasteiger partial charge in [-0.2, -0.15) is 0 Å². The second kappa shape index (κ2) is 8.37. The van der Waals surface area contributed by atoms with Crippen LogP contribution in [0.25, 0.3) is 0 Å². The van der Waals surface area contributed by atoms with Gasteiger partial charge in [0.25, 0.3) is 0 Å². The molecule has 1 aliphatic rings. The quantitative estimate of drug-likeness (QED) is 0.847. The van der Waals surface area contributed by atoms with E-state index in [1.54, 1.807) is 4.90 Å². The van der Waals surface area contributed by atoms with E-state index >= 15 is 0 Å². The Hall–Kier alpha value is -2.33. The molecule has 1 unspecified atom stereocenters. The highest BCUT2D eigenvalue weighted by molar-refractivity contribution is 6.30. The summed E-state index contributed by atoms with van der Waals surface area (Å²) in [7, 11) is 0. The maximum atomic E-state index is 12.4. The fourth-order valence-electron chi connectivity index (χ4n) is 3.16. The van der Waals surface area contributed by atoms with E-state index in [0.717, 1.165) is 17.5 Å². The van der Waals surface area contributed by atoms with Crippen LogP contribution in [0, 0.1) is 12.8 Å². The van der Waals surface area contributed by atoms with Crippen LogP contribution in [0.2, 0.25) is 5.02 Å². The summed E-state index contributed by atoms with van der Waals surface area (Å²) in [5, 5.41) is 3.65. The molecule has 1 heterocycles. The van der Waals surface area contributed by atoms with E-state index in [1.807, 2.05) is 55.5 Å². The summed E-state index contributed by atoms with van der Waals surface area (Å²) in [6.07, 6.45) is 1.03. The van der Waals surface area contributed by atoms with Crippen LogP contribution in [-0.2, 0) is 22.6 Å². The van der Waals surface area contributed by atoms with Gasteiger partial charge >= 0.3 is 0 Å². The average molecular weight is 371 g/mol. The Morgan fingerprint density at radius 2 is 1.96 bits per heavy atom. The van der Waals surface area contributed by atoms with Crippen LogP contribution in [0.1, 0.15) is 23.1 Å². The van der Waals surface area contributed by atoms with Crippen molar-refractivity contribution in [2.24, 2.45) is 5.92 Å². The molecule has 4 nitrogen and oxygen atoms in total. The summed E-state index contributed by atoms with van der Waals surface area (Å²) in [6, 6.07) is 15.7. The molecule has 26 heavy (non-hydrogen) atoms. The van der Waals surface area contributed by atoms with Gasteiger partial charge in [0.1, 0.15) is 0 Å². The number of likely N-dealkylation sites (tertiary alicyclic amines) is 1. The van der Waals surface area contributed by atoms with Crippen LogP contribution in [0.4, 0.5) is 0 Å². The highest BCUT2D eigenvalue weighted by Crippen LogP contribution is 2.19. The Morgan fingerprint density at radius 1 is 1.19 bits per heavy atom. The number of nitrogens with one attached hydrogen (secondary N) is 1. The molecule has 1 atom stereocenters. The first-order chi connectivity index (χ1) is 12.5. The standard InChI is InChI=1S/C21H23ClN2O2/c1-15-5-7-17(8-6-15)13-23-21(26)18-12-20(25)24(14-18)10-9-16-3-2-4-19(22)11-16/h2-8,11,18H,9-10,12-14H2,1H3,(H,23,26). The lowest BCUT2D eigenvalue weighted by Crippen LogP contribution is -2.33. The number of aryl methyl sites for hydroxylation is 1. The largest absolute Gasteiger partial charge is 0.352 e. The molecule has 2 amide bonds. The topological polar surface area (TPSA) is 49.4 Å². The molecule has 1 aliphatic heterocycles. The van der Waals surface area contributed by atoms with Crippen molar-refractivity contribution in [2.75, 3.05) is 13.1 Å². The number of rotatable bonds is 6. The highest BCUT2D eigenvalue weighted by Gasteiger charge is 2.33. The number of amides is 2. The SMILES string of the molecule is Cc1ccc(CNC(=O)C2CC(=O)N(CCc3cccc(Cl)c3)C2)cc1. The third kappa shape index (κ3) is 4.85. The number of carbonyl (C=O) groups is 2. The van der Waals surface area contributed by atoms with Crippen LogP contribution >= 0.6 is 11.6 Å². The van der Waals surface area contributed by atoms with Crippen LogP contribution < -0.4 is 5.32 Å². The van der Waals surface area contributed by atoms with Crippen LogP contribution in [0.3, 0.4) is 0 Å². The molecule has 0 aliphatic carbocycles. The minimum absolute atomic E-state index is 0.0440. The van der Waals surface area contributed by atoms with E-state index in [2.05, 4.69) is 5.32 Å². The number of carbonyl (C=O) groups excluding carboxylic acids is 2. The van der Waals surface area contributed by atoms with Gasteiger partial charge in [-0.3, -0.25) is 9.59 Å². The van der Waals surface area contributed by atoms with Gasteiger partial charge in [0.2, 0.25) is 11.8 Å². The van der Waals surface area contributed by atoms with Crippen molar-refractivity contribution in [3.63, 3.8) is 0 Å². The Labute approximate surface area is 159 Å². The molecule has 3 rings (SSSR count). The second-order valence-electron chi connectivity index (χ2n) is 6.82. The van der Waals surface area contributed by atoms with E-state index in [0.29, 0.717) is 24.7 Å². The van der Waals surface area contributed by atoms with Gasteiger partial charge in [-0.1, -0.05) is 53.6 Å². The normalized spacial score (nSPS) is 16.8. The van der Waals surface area contributed by atoms with E-state index in [-0.39, 0.29) is 24.2 Å². The molecule has 0 bridgehead atoms. The Kier molecular flexibility index (Phi) is 5.94. The highest BCUT2D eigenvalue weighted by atomic mass is 35.5. The number of hydrogen-bond acceptors (Lipinski definition) is 2. The Morgan fingerprint density at radius 3 is 2.69 bits per heavy atom. The van der Waals surface area contributed by atoms with E-state index in [1.165, 1.54) is 5.56 Å². The molecule has 136 valence electrons. The Bertz CT molecular complexity index is 789. The molecule has 0 spiro atoms. The first kappa shape index (κ1) is 18.5. The third-order valence-corrected chi connectivity index (χ3v) is 4.97. The first-order valence-electron chi connectivity index (χ1n) is 8.87. The van der Waals surface area contributed by atoms with E-state index in [4.69, 9.17) is 11.6 Å². The smallest absolute Gasteiger partial charge is 0.225 e. The summed E-state index contributed by atoms with van der Waals surface area (Å²) in [5.41, 5.74) is 3.35. The lowest BCUT2D eigenvalue weighted by atomic mass is 10.1. The summed E-state index contributed by atoms with van der Waals surface area (Å²) < 4.78 is 0. The summed E-state index contributed by atoms with van der Waals surface area (Å²) in [6.45, 7) is 3.62. The molecule has 0 aromatic heterocycles. The second-order valence-corrected chi connectivity index (χ2v) is 7.26. The average Bonchev–Trinajstić information content (AvgIpc) is 3.00. The van der Waals surface area contributed by atoms with Crippen LogP contribution in [0.15, 0.2) is 48.5 Å². The molecular weight excluding hydrogens is 348 g/mol. The van der Waals surface area contributed by atoms with Crippen molar-refractivity contribution in [3.05, 3.63) is 70.2 Å². The first-order valence-corrected chi connectivity index (χ1v) is 9.24. The molecular formula is C21H23ClN2O2.